The number of alkyl halides is 3. The Labute approximate surface area is 207 Å². The summed E-state index contributed by atoms with van der Waals surface area (Å²) in [5.74, 6) is -0.0264. The molecule has 1 aliphatic heterocycles. The number of hydrogen-bond donors (Lipinski definition) is 1. The van der Waals surface area contributed by atoms with E-state index >= 15 is 0 Å². The molecule has 0 fully saturated rings. The van der Waals surface area contributed by atoms with Crippen LogP contribution in [0.4, 0.5) is 29.3 Å². The van der Waals surface area contributed by atoms with Gasteiger partial charge in [0.25, 0.3) is 10.0 Å². The Kier molecular flexibility index (Phi) is 8.84. The molecule has 0 aromatic heterocycles. The normalized spacial score (nSPS) is 13.4. The number of esters is 1. The number of carbonyl (C=O) groups excluding carboxylic acids is 2. The SMILES string of the molecule is CC(C)(C)OC(=O)Nc1ccc2c(c1)N(S(=O)(=O)c1cccc(C(F)(F)F)c1)CCO2.COC(C)=O. The monoisotopic (exact) mass is 532 g/mol. The number of hydrogen-bond acceptors (Lipinski definition) is 7. The van der Waals surface area contributed by atoms with Crippen molar-refractivity contribution in [2.24, 2.45) is 0 Å². The van der Waals surface area contributed by atoms with Crippen molar-refractivity contribution in [3.8, 4) is 5.75 Å². The third kappa shape index (κ3) is 7.77. The van der Waals surface area contributed by atoms with Crippen molar-refractivity contribution in [1.29, 1.82) is 0 Å². The van der Waals surface area contributed by atoms with Crippen LogP contribution in [0.25, 0.3) is 0 Å². The van der Waals surface area contributed by atoms with Crippen LogP contribution in [0.2, 0.25) is 0 Å². The van der Waals surface area contributed by atoms with Crippen molar-refractivity contribution in [3.05, 3.63) is 48.0 Å². The van der Waals surface area contributed by atoms with E-state index in [4.69, 9.17) is 9.47 Å². The second-order valence-electron chi connectivity index (χ2n) is 8.46. The maximum absolute atomic E-state index is 13.1. The topological polar surface area (TPSA) is 111 Å². The third-order valence-electron chi connectivity index (χ3n) is 4.46. The second kappa shape index (κ2) is 11.1. The predicted molar refractivity (Wildman–Crippen MR) is 125 cm³/mol. The van der Waals surface area contributed by atoms with Crippen LogP contribution in [-0.2, 0) is 30.5 Å². The first-order valence-corrected chi connectivity index (χ1v) is 12.0. The molecule has 1 amide bonds. The van der Waals surface area contributed by atoms with E-state index < -0.39 is 38.4 Å². The van der Waals surface area contributed by atoms with Crippen LogP contribution in [0, 0.1) is 0 Å². The molecule has 2 aromatic carbocycles. The van der Waals surface area contributed by atoms with E-state index in [-0.39, 0.29) is 36.2 Å². The van der Waals surface area contributed by atoms with Crippen LogP contribution in [0.5, 0.6) is 5.75 Å². The van der Waals surface area contributed by atoms with Crippen molar-refractivity contribution in [3.63, 3.8) is 0 Å². The fourth-order valence-corrected chi connectivity index (χ4v) is 4.40. The lowest BCUT2D eigenvalue weighted by Crippen LogP contribution is -2.38. The number of nitrogens with zero attached hydrogens (tertiary/aromatic N) is 1. The first kappa shape index (κ1) is 28.8. The number of amides is 1. The Hall–Kier alpha value is -3.48. The number of benzene rings is 2. The maximum atomic E-state index is 13.1. The largest absolute Gasteiger partial charge is 0.489 e. The molecule has 2 aromatic rings. The molecule has 1 aliphatic rings. The number of methoxy groups -OCH3 is 1. The van der Waals surface area contributed by atoms with E-state index in [2.05, 4.69) is 10.1 Å². The smallest absolute Gasteiger partial charge is 0.416 e. The Bertz CT molecular complexity index is 1210. The predicted octanol–water partition coefficient (Wildman–Crippen LogP) is 4.82. The molecule has 0 bridgehead atoms. The molecule has 0 radical (unpaired) electrons. The van der Waals surface area contributed by atoms with Crippen molar-refractivity contribution in [2.45, 2.75) is 44.4 Å². The van der Waals surface area contributed by atoms with Gasteiger partial charge in [-0.2, -0.15) is 13.2 Å². The van der Waals surface area contributed by atoms with Gasteiger partial charge in [-0.15, -0.1) is 0 Å². The van der Waals surface area contributed by atoms with Gasteiger partial charge in [0.05, 0.1) is 29.8 Å². The van der Waals surface area contributed by atoms with E-state index in [0.29, 0.717) is 6.07 Å². The number of rotatable bonds is 3. The van der Waals surface area contributed by atoms with Gasteiger partial charge >= 0.3 is 18.2 Å². The third-order valence-corrected chi connectivity index (χ3v) is 6.27. The molecule has 13 heteroatoms. The first-order valence-electron chi connectivity index (χ1n) is 10.6. The highest BCUT2D eigenvalue weighted by atomic mass is 32.2. The van der Waals surface area contributed by atoms with Gasteiger partial charge in [0.2, 0.25) is 0 Å². The number of sulfonamides is 1. The average molecular weight is 533 g/mol. The highest BCUT2D eigenvalue weighted by Crippen LogP contribution is 2.38. The Morgan fingerprint density at radius 3 is 2.28 bits per heavy atom. The van der Waals surface area contributed by atoms with Gasteiger partial charge in [0, 0.05) is 12.6 Å². The lowest BCUT2D eigenvalue weighted by Gasteiger charge is -2.31. The molecule has 36 heavy (non-hydrogen) atoms. The minimum Gasteiger partial charge on any atom is -0.489 e. The molecular formula is C23H27F3N2O7S. The molecule has 0 spiro atoms. The quantitative estimate of drug-likeness (QED) is 0.564. The van der Waals surface area contributed by atoms with Crippen molar-refractivity contribution >= 4 is 33.5 Å². The Balaban J connectivity index is 0.000000830. The summed E-state index contributed by atoms with van der Waals surface area (Å²) in [6, 6.07) is 7.87. The number of ether oxygens (including phenoxy) is 3. The summed E-state index contributed by atoms with van der Waals surface area (Å²) < 4.78 is 81.1. The van der Waals surface area contributed by atoms with Crippen LogP contribution < -0.4 is 14.4 Å². The molecule has 0 atom stereocenters. The Morgan fingerprint density at radius 1 is 1.08 bits per heavy atom. The summed E-state index contributed by atoms with van der Waals surface area (Å²) in [6.45, 7) is 6.34. The van der Waals surface area contributed by atoms with Crippen molar-refractivity contribution < 1.29 is 45.4 Å². The highest BCUT2D eigenvalue weighted by molar-refractivity contribution is 7.92. The second-order valence-corrected chi connectivity index (χ2v) is 10.3. The van der Waals surface area contributed by atoms with Crippen molar-refractivity contribution in [2.75, 3.05) is 29.9 Å². The molecule has 3 rings (SSSR count). The van der Waals surface area contributed by atoms with Gasteiger partial charge in [-0.05, 0) is 57.2 Å². The standard InChI is InChI=1S/C20H21F3N2O5S.C3H6O2/c1-19(2,3)30-18(26)24-14-7-8-17-16(12-14)25(9-10-29-17)31(27,28)15-6-4-5-13(11-15)20(21,22)23;1-3(4)5-2/h4-8,11-12H,9-10H2,1-3H3,(H,24,26);1-2H3. The van der Waals surface area contributed by atoms with Crippen LogP contribution in [0.1, 0.15) is 33.3 Å². The van der Waals surface area contributed by atoms with E-state index in [1.54, 1.807) is 20.8 Å². The van der Waals surface area contributed by atoms with E-state index in [9.17, 15) is 31.2 Å². The lowest BCUT2D eigenvalue weighted by atomic mass is 10.2. The van der Waals surface area contributed by atoms with Gasteiger partial charge in [0.1, 0.15) is 18.0 Å². The van der Waals surface area contributed by atoms with Gasteiger partial charge in [0.15, 0.2) is 0 Å². The summed E-state index contributed by atoms with van der Waals surface area (Å²) >= 11 is 0. The Morgan fingerprint density at radius 2 is 1.72 bits per heavy atom. The summed E-state index contributed by atoms with van der Waals surface area (Å²) in [6.07, 6.45) is -5.42. The van der Waals surface area contributed by atoms with Crippen LogP contribution in [0.15, 0.2) is 47.4 Å². The zero-order valence-corrected chi connectivity index (χ0v) is 21.1. The van der Waals surface area contributed by atoms with Gasteiger partial charge < -0.3 is 14.2 Å². The number of anilines is 2. The fourth-order valence-electron chi connectivity index (χ4n) is 2.90. The lowest BCUT2D eigenvalue weighted by molar-refractivity contribution is -0.138. The zero-order chi connectivity index (χ0) is 27.3. The van der Waals surface area contributed by atoms with Crippen LogP contribution in [-0.4, -0.2) is 46.3 Å². The molecular weight excluding hydrogens is 505 g/mol. The minimum absolute atomic E-state index is 0.0179. The summed E-state index contributed by atoms with van der Waals surface area (Å²) in [7, 11) is -2.97. The fraction of sp³-hybridized carbons (Fsp3) is 0.391. The minimum atomic E-state index is -4.68. The summed E-state index contributed by atoms with van der Waals surface area (Å²) in [5.41, 5.74) is -1.47. The van der Waals surface area contributed by atoms with E-state index in [0.717, 1.165) is 22.5 Å². The number of carbonyl (C=O) groups is 2. The average Bonchev–Trinajstić information content (AvgIpc) is 2.77. The molecule has 9 nitrogen and oxygen atoms in total. The van der Waals surface area contributed by atoms with E-state index in [1.165, 1.54) is 32.2 Å². The molecule has 1 N–H and O–H groups in total. The molecule has 0 saturated carbocycles. The van der Waals surface area contributed by atoms with Crippen molar-refractivity contribution in [1.82, 2.24) is 0 Å². The summed E-state index contributed by atoms with van der Waals surface area (Å²) in [5, 5.41) is 2.50. The van der Waals surface area contributed by atoms with Crippen LogP contribution >= 0.6 is 0 Å². The maximum Gasteiger partial charge on any atom is 0.416 e. The molecule has 0 saturated heterocycles. The van der Waals surface area contributed by atoms with Gasteiger partial charge in [-0.3, -0.25) is 14.4 Å². The highest BCUT2D eigenvalue weighted by Gasteiger charge is 2.35. The van der Waals surface area contributed by atoms with E-state index in [1.807, 2.05) is 0 Å². The molecule has 198 valence electrons. The first-order chi connectivity index (χ1) is 16.5. The van der Waals surface area contributed by atoms with Gasteiger partial charge in [-0.1, -0.05) is 6.07 Å². The molecule has 0 unspecified atom stereocenters. The van der Waals surface area contributed by atoms with Gasteiger partial charge in [-0.25, -0.2) is 13.2 Å². The zero-order valence-electron chi connectivity index (χ0n) is 20.3. The molecule has 0 aliphatic carbocycles. The number of fused-ring (bicyclic) bond motifs is 1. The molecule has 1 heterocycles. The summed E-state index contributed by atoms with van der Waals surface area (Å²) in [4.78, 5) is 21.1. The van der Waals surface area contributed by atoms with Crippen LogP contribution in [0.3, 0.4) is 0 Å². The number of halogens is 3. The number of nitrogens with one attached hydrogen (secondary N) is 1.